The number of carbonyl (C=O) groups excluding carboxylic acids is 1. The molecule has 0 bridgehead atoms. The highest BCUT2D eigenvalue weighted by molar-refractivity contribution is 6.34. The first-order chi connectivity index (χ1) is 8.75. The summed E-state index contributed by atoms with van der Waals surface area (Å²) in [6.45, 7) is 1.83. The first kappa shape index (κ1) is 11.7. The van der Waals surface area contributed by atoms with Crippen LogP contribution in [0, 0.1) is 0 Å². The Morgan fingerprint density at radius 3 is 3.06 bits per heavy atom. The molecule has 1 aliphatic rings. The van der Waals surface area contributed by atoms with Gasteiger partial charge >= 0.3 is 0 Å². The van der Waals surface area contributed by atoms with E-state index in [1.54, 1.807) is 12.1 Å². The number of halogens is 1. The van der Waals surface area contributed by atoms with Crippen molar-refractivity contribution in [2.45, 2.75) is 6.10 Å². The molecule has 18 heavy (non-hydrogen) atoms. The molecule has 2 heterocycles. The molecule has 94 valence electrons. The van der Waals surface area contributed by atoms with Crippen molar-refractivity contribution in [2.24, 2.45) is 0 Å². The molecule has 0 saturated carbocycles. The molecule has 1 aromatic carbocycles. The number of rotatable bonds is 2. The molecule has 1 aliphatic heterocycles. The maximum absolute atomic E-state index is 12.2. The van der Waals surface area contributed by atoms with Gasteiger partial charge in [0.2, 0.25) is 5.78 Å². The summed E-state index contributed by atoms with van der Waals surface area (Å²) in [5.74, 6) is 0.154. The smallest absolute Gasteiger partial charge is 0.227 e. The van der Waals surface area contributed by atoms with Gasteiger partial charge < -0.3 is 14.5 Å². The van der Waals surface area contributed by atoms with Crippen molar-refractivity contribution in [1.82, 2.24) is 5.32 Å². The molecule has 1 unspecified atom stereocenters. The lowest BCUT2D eigenvalue weighted by Crippen LogP contribution is -2.43. The van der Waals surface area contributed by atoms with Gasteiger partial charge in [-0.05, 0) is 12.1 Å². The number of Topliss-reactive ketones (excluding diaryl/α,β-unsaturated/α-hetero) is 1. The zero-order valence-electron chi connectivity index (χ0n) is 9.61. The van der Waals surface area contributed by atoms with Gasteiger partial charge in [0.1, 0.15) is 6.10 Å². The summed E-state index contributed by atoms with van der Waals surface area (Å²) in [4.78, 5) is 12.2. The van der Waals surface area contributed by atoms with Gasteiger partial charge in [-0.25, -0.2) is 0 Å². The van der Waals surface area contributed by atoms with Crippen molar-refractivity contribution in [3.05, 3.63) is 35.0 Å². The van der Waals surface area contributed by atoms with Crippen molar-refractivity contribution in [1.29, 1.82) is 0 Å². The van der Waals surface area contributed by atoms with E-state index in [1.807, 2.05) is 12.1 Å². The zero-order chi connectivity index (χ0) is 12.5. The van der Waals surface area contributed by atoms with Gasteiger partial charge in [-0.1, -0.05) is 23.7 Å². The fourth-order valence-corrected chi connectivity index (χ4v) is 2.26. The van der Waals surface area contributed by atoms with Crippen LogP contribution in [-0.4, -0.2) is 31.6 Å². The minimum atomic E-state index is -0.474. The first-order valence-electron chi connectivity index (χ1n) is 5.80. The van der Waals surface area contributed by atoms with E-state index >= 15 is 0 Å². The Kier molecular flexibility index (Phi) is 3.07. The molecule has 1 atom stereocenters. The van der Waals surface area contributed by atoms with Gasteiger partial charge in [0, 0.05) is 18.5 Å². The van der Waals surface area contributed by atoms with Crippen LogP contribution in [0.15, 0.2) is 28.7 Å². The number of para-hydroxylation sites is 1. The number of carbonyl (C=O) groups is 1. The average molecular weight is 266 g/mol. The number of ether oxygens (including phenoxy) is 1. The molecule has 0 amide bonds. The van der Waals surface area contributed by atoms with E-state index in [2.05, 4.69) is 5.32 Å². The molecule has 2 aromatic rings. The molecule has 1 fully saturated rings. The Bertz CT molecular complexity index is 587. The van der Waals surface area contributed by atoms with Crippen LogP contribution in [0.3, 0.4) is 0 Å². The van der Waals surface area contributed by atoms with Crippen molar-refractivity contribution >= 4 is 28.4 Å². The SMILES string of the molecule is O=C(c1cc2cccc(Cl)c2o1)C1CNCCO1. The van der Waals surface area contributed by atoms with Gasteiger partial charge in [-0.15, -0.1) is 0 Å². The molecule has 0 aliphatic carbocycles. The summed E-state index contributed by atoms with van der Waals surface area (Å²) in [6.07, 6.45) is -0.474. The number of benzene rings is 1. The minimum Gasteiger partial charge on any atom is -0.451 e. The Morgan fingerprint density at radius 2 is 2.33 bits per heavy atom. The third-order valence-corrected chi connectivity index (χ3v) is 3.26. The Balaban J connectivity index is 1.94. The highest BCUT2D eigenvalue weighted by Gasteiger charge is 2.26. The standard InChI is InChI=1S/C13H12ClNO3/c14-9-3-1-2-8-6-10(18-13(8)9)12(16)11-7-15-4-5-17-11/h1-3,6,11,15H,4-5,7H2. The molecule has 3 rings (SSSR count). The quantitative estimate of drug-likeness (QED) is 0.847. The molecule has 1 aromatic heterocycles. The third kappa shape index (κ3) is 2.03. The molecule has 4 nitrogen and oxygen atoms in total. The maximum atomic E-state index is 12.2. The highest BCUT2D eigenvalue weighted by Crippen LogP contribution is 2.27. The molecule has 1 saturated heterocycles. The molecule has 5 heteroatoms. The molecule has 0 radical (unpaired) electrons. The minimum absolute atomic E-state index is 0.144. The molecule has 1 N–H and O–H groups in total. The van der Waals surface area contributed by atoms with Gasteiger partial charge in [0.05, 0.1) is 11.6 Å². The maximum Gasteiger partial charge on any atom is 0.227 e. The Labute approximate surface area is 109 Å². The summed E-state index contributed by atoms with van der Waals surface area (Å²) < 4.78 is 10.9. The summed E-state index contributed by atoms with van der Waals surface area (Å²) in [5.41, 5.74) is 0.547. The largest absolute Gasteiger partial charge is 0.451 e. The number of hydrogen-bond donors (Lipinski definition) is 1. The lowest BCUT2D eigenvalue weighted by atomic mass is 10.1. The van der Waals surface area contributed by atoms with E-state index in [4.69, 9.17) is 20.8 Å². The van der Waals surface area contributed by atoms with Crippen LogP contribution in [-0.2, 0) is 4.74 Å². The van der Waals surface area contributed by atoms with Crippen molar-refractivity contribution < 1.29 is 13.9 Å². The zero-order valence-corrected chi connectivity index (χ0v) is 10.4. The summed E-state index contributed by atoms with van der Waals surface area (Å²) in [6, 6.07) is 7.14. The number of furan rings is 1. The number of nitrogens with one attached hydrogen (secondary N) is 1. The summed E-state index contributed by atoms with van der Waals surface area (Å²) in [7, 11) is 0. The van der Waals surface area contributed by atoms with Crippen LogP contribution in [0.25, 0.3) is 11.0 Å². The van der Waals surface area contributed by atoms with Crippen LogP contribution in [0.5, 0.6) is 0 Å². The van der Waals surface area contributed by atoms with Crippen molar-refractivity contribution in [2.75, 3.05) is 19.7 Å². The van der Waals surface area contributed by atoms with E-state index in [0.29, 0.717) is 29.5 Å². The molecule has 0 spiro atoms. The van der Waals surface area contributed by atoms with Crippen LogP contribution in [0.2, 0.25) is 5.02 Å². The lowest BCUT2D eigenvalue weighted by Gasteiger charge is -2.21. The summed E-state index contributed by atoms with van der Waals surface area (Å²) >= 11 is 6.01. The monoisotopic (exact) mass is 265 g/mol. The van der Waals surface area contributed by atoms with Crippen LogP contribution >= 0.6 is 11.6 Å². The fourth-order valence-electron chi connectivity index (χ4n) is 2.04. The number of morpholine rings is 1. The Hall–Kier alpha value is -1.36. The average Bonchev–Trinajstić information content (AvgIpc) is 2.84. The van der Waals surface area contributed by atoms with Crippen LogP contribution < -0.4 is 5.32 Å². The second-order valence-corrected chi connectivity index (χ2v) is 4.60. The second kappa shape index (κ2) is 4.72. The predicted octanol–water partition coefficient (Wildman–Crippen LogP) is 2.26. The highest BCUT2D eigenvalue weighted by atomic mass is 35.5. The number of fused-ring (bicyclic) bond motifs is 1. The van der Waals surface area contributed by atoms with Gasteiger partial charge in [0.15, 0.2) is 11.3 Å². The normalized spacial score (nSPS) is 20.2. The van der Waals surface area contributed by atoms with E-state index in [0.717, 1.165) is 11.9 Å². The Morgan fingerprint density at radius 1 is 1.44 bits per heavy atom. The second-order valence-electron chi connectivity index (χ2n) is 4.20. The first-order valence-corrected chi connectivity index (χ1v) is 6.18. The van der Waals surface area contributed by atoms with Crippen molar-refractivity contribution in [3.8, 4) is 0 Å². The summed E-state index contributed by atoms with van der Waals surface area (Å²) in [5, 5.41) is 4.45. The van der Waals surface area contributed by atoms with Crippen molar-refractivity contribution in [3.63, 3.8) is 0 Å². The van der Waals surface area contributed by atoms with Gasteiger partial charge in [-0.2, -0.15) is 0 Å². The van der Waals surface area contributed by atoms with E-state index in [9.17, 15) is 4.79 Å². The van der Waals surface area contributed by atoms with Crippen LogP contribution in [0.1, 0.15) is 10.6 Å². The number of ketones is 1. The molecular formula is C13H12ClNO3. The number of hydrogen-bond acceptors (Lipinski definition) is 4. The predicted molar refractivity (Wildman–Crippen MR) is 68.2 cm³/mol. The van der Waals surface area contributed by atoms with E-state index < -0.39 is 6.10 Å². The van der Waals surface area contributed by atoms with Gasteiger partial charge in [0.25, 0.3) is 0 Å². The molecular weight excluding hydrogens is 254 g/mol. The van der Waals surface area contributed by atoms with Gasteiger partial charge in [-0.3, -0.25) is 4.79 Å². The fraction of sp³-hybridized carbons (Fsp3) is 0.308. The van der Waals surface area contributed by atoms with E-state index in [-0.39, 0.29) is 5.78 Å². The topological polar surface area (TPSA) is 51.5 Å². The lowest BCUT2D eigenvalue weighted by molar-refractivity contribution is 0.0251. The van der Waals surface area contributed by atoms with Crippen LogP contribution in [0.4, 0.5) is 0 Å². The third-order valence-electron chi connectivity index (χ3n) is 2.96. The van der Waals surface area contributed by atoms with E-state index in [1.165, 1.54) is 0 Å².